The lowest BCUT2D eigenvalue weighted by Crippen LogP contribution is -2.47. The summed E-state index contributed by atoms with van der Waals surface area (Å²) in [5.41, 5.74) is 2.85. The van der Waals surface area contributed by atoms with Gasteiger partial charge in [-0.3, -0.25) is 14.4 Å². The largest absolute Gasteiger partial charge is 0.494 e. The second-order valence-electron chi connectivity index (χ2n) is 8.98. The second kappa shape index (κ2) is 15.6. The number of rotatable bonds is 16. The molecular formula is C28H39N3O5. The van der Waals surface area contributed by atoms with Gasteiger partial charge in [-0.2, -0.15) is 0 Å². The van der Waals surface area contributed by atoms with Gasteiger partial charge in [-0.25, -0.2) is 0 Å². The summed E-state index contributed by atoms with van der Waals surface area (Å²) < 4.78 is 5.97. The molecule has 0 aromatic heterocycles. The van der Waals surface area contributed by atoms with Crippen molar-refractivity contribution in [1.82, 2.24) is 16.0 Å². The first kappa shape index (κ1) is 28.8. The quantitative estimate of drug-likeness (QED) is 0.283. The molecule has 4 N–H and O–H groups in total. The van der Waals surface area contributed by atoms with E-state index in [1.54, 1.807) is 0 Å². The Morgan fingerprint density at radius 3 is 2.47 bits per heavy atom. The molecule has 0 aliphatic rings. The predicted molar refractivity (Wildman–Crippen MR) is 140 cm³/mol. The molecule has 0 heterocycles. The van der Waals surface area contributed by atoms with Crippen molar-refractivity contribution in [1.29, 1.82) is 0 Å². The van der Waals surface area contributed by atoms with Crippen molar-refractivity contribution in [2.24, 2.45) is 5.92 Å². The van der Waals surface area contributed by atoms with Crippen molar-refractivity contribution in [2.75, 3.05) is 20.2 Å². The highest BCUT2D eigenvalue weighted by Crippen LogP contribution is 2.19. The number of carbonyl (C=O) groups excluding carboxylic acids is 2. The predicted octanol–water partition coefficient (Wildman–Crippen LogP) is 3.22. The van der Waals surface area contributed by atoms with Crippen LogP contribution in [0.4, 0.5) is 0 Å². The Balaban J connectivity index is 2.00. The van der Waals surface area contributed by atoms with E-state index in [2.05, 4.69) is 22.9 Å². The van der Waals surface area contributed by atoms with Crippen LogP contribution in [0.25, 0.3) is 0 Å². The summed E-state index contributed by atoms with van der Waals surface area (Å²) >= 11 is 0. The normalized spacial score (nSPS) is 12.4. The summed E-state index contributed by atoms with van der Waals surface area (Å²) in [6.45, 7) is 6.02. The van der Waals surface area contributed by atoms with Crippen LogP contribution in [0.3, 0.4) is 0 Å². The molecule has 0 saturated heterocycles. The number of aliphatic carboxylic acids is 1. The van der Waals surface area contributed by atoms with Gasteiger partial charge in [0, 0.05) is 19.4 Å². The van der Waals surface area contributed by atoms with Gasteiger partial charge in [0.25, 0.3) is 0 Å². The topological polar surface area (TPSA) is 117 Å². The van der Waals surface area contributed by atoms with E-state index < -0.39 is 17.9 Å². The van der Waals surface area contributed by atoms with E-state index in [0.29, 0.717) is 18.9 Å². The number of hydrogen-bond donors (Lipinski definition) is 4. The van der Waals surface area contributed by atoms with Gasteiger partial charge in [0.05, 0.1) is 13.0 Å². The van der Waals surface area contributed by atoms with Gasteiger partial charge in [-0.15, -0.1) is 0 Å². The van der Waals surface area contributed by atoms with Gasteiger partial charge in [0.2, 0.25) is 11.8 Å². The molecule has 0 spiro atoms. The number of ether oxygens (including phenoxy) is 1. The van der Waals surface area contributed by atoms with Crippen LogP contribution in [0.5, 0.6) is 5.75 Å². The molecular weight excluding hydrogens is 458 g/mol. The minimum Gasteiger partial charge on any atom is -0.494 e. The molecule has 2 rings (SSSR count). The lowest BCUT2D eigenvalue weighted by Gasteiger charge is -2.19. The summed E-state index contributed by atoms with van der Waals surface area (Å²) in [5, 5.41) is 17.7. The van der Waals surface area contributed by atoms with Crippen molar-refractivity contribution in [3.8, 4) is 5.75 Å². The standard InChI is InChI=1S/C28H39N3O5/c1-4-21(18-29-3)14-15-36-24-11-10-20(2)23(17-24)19-30-28(35)25(16-22-8-6-5-7-9-22)31-26(32)12-13-27(33)34/h5-11,17,21,25,29H,4,12-16,18-19H2,1-3H3,(H,30,35)(H,31,32)(H,33,34). The highest BCUT2D eigenvalue weighted by molar-refractivity contribution is 5.88. The van der Waals surface area contributed by atoms with Crippen molar-refractivity contribution in [2.45, 2.75) is 58.5 Å². The molecule has 0 aliphatic heterocycles. The van der Waals surface area contributed by atoms with E-state index in [1.807, 2.05) is 62.5 Å². The lowest BCUT2D eigenvalue weighted by atomic mass is 10.0. The third-order valence-electron chi connectivity index (χ3n) is 6.14. The highest BCUT2D eigenvalue weighted by atomic mass is 16.5. The minimum absolute atomic E-state index is 0.181. The Labute approximate surface area is 213 Å². The molecule has 36 heavy (non-hydrogen) atoms. The summed E-state index contributed by atoms with van der Waals surface area (Å²) in [4.78, 5) is 36.1. The Kier molecular flexibility index (Phi) is 12.5. The number of nitrogens with one attached hydrogen (secondary N) is 3. The minimum atomic E-state index is -1.06. The maximum absolute atomic E-state index is 13.1. The third kappa shape index (κ3) is 10.5. The maximum Gasteiger partial charge on any atom is 0.303 e. The van der Waals surface area contributed by atoms with Crippen LogP contribution in [0, 0.1) is 12.8 Å². The van der Waals surface area contributed by atoms with Gasteiger partial charge in [-0.05, 0) is 61.7 Å². The number of amides is 2. The molecule has 8 nitrogen and oxygen atoms in total. The SMILES string of the molecule is CCC(CCOc1ccc(C)c(CNC(=O)C(Cc2ccccc2)NC(=O)CCC(=O)O)c1)CNC. The fraction of sp³-hybridized carbons (Fsp3) is 0.464. The zero-order chi connectivity index (χ0) is 26.3. The van der Waals surface area contributed by atoms with Crippen LogP contribution in [-0.4, -0.2) is 49.1 Å². The Bertz CT molecular complexity index is 980. The van der Waals surface area contributed by atoms with E-state index in [9.17, 15) is 14.4 Å². The average Bonchev–Trinajstić information content (AvgIpc) is 2.87. The van der Waals surface area contributed by atoms with Gasteiger partial charge in [0.15, 0.2) is 0 Å². The molecule has 2 aromatic carbocycles. The number of carbonyl (C=O) groups is 3. The van der Waals surface area contributed by atoms with Gasteiger partial charge >= 0.3 is 5.97 Å². The third-order valence-corrected chi connectivity index (χ3v) is 6.14. The zero-order valence-electron chi connectivity index (χ0n) is 21.5. The van der Waals surface area contributed by atoms with E-state index in [1.165, 1.54) is 0 Å². The second-order valence-corrected chi connectivity index (χ2v) is 8.98. The first-order chi connectivity index (χ1) is 17.3. The van der Waals surface area contributed by atoms with Gasteiger partial charge in [0.1, 0.15) is 11.8 Å². The zero-order valence-corrected chi connectivity index (χ0v) is 21.5. The number of hydrogen-bond acceptors (Lipinski definition) is 5. The Morgan fingerprint density at radius 1 is 1.06 bits per heavy atom. The molecule has 0 fully saturated rings. The number of carboxylic acid groups (broad SMARTS) is 1. The van der Waals surface area contributed by atoms with Crippen molar-refractivity contribution in [3.63, 3.8) is 0 Å². The summed E-state index contributed by atoms with van der Waals surface area (Å²) in [7, 11) is 1.95. The van der Waals surface area contributed by atoms with Crippen LogP contribution in [0.1, 0.15) is 49.3 Å². The van der Waals surface area contributed by atoms with E-state index in [4.69, 9.17) is 9.84 Å². The fourth-order valence-corrected chi connectivity index (χ4v) is 3.86. The van der Waals surface area contributed by atoms with E-state index in [-0.39, 0.29) is 25.3 Å². The van der Waals surface area contributed by atoms with Gasteiger partial charge in [-0.1, -0.05) is 49.7 Å². The van der Waals surface area contributed by atoms with Crippen molar-refractivity contribution < 1.29 is 24.2 Å². The van der Waals surface area contributed by atoms with Crippen molar-refractivity contribution >= 4 is 17.8 Å². The molecule has 196 valence electrons. The van der Waals surface area contributed by atoms with Crippen molar-refractivity contribution in [3.05, 3.63) is 65.2 Å². The van der Waals surface area contributed by atoms with E-state index >= 15 is 0 Å². The first-order valence-electron chi connectivity index (χ1n) is 12.5. The van der Waals surface area contributed by atoms with Gasteiger partial charge < -0.3 is 25.8 Å². The lowest BCUT2D eigenvalue weighted by molar-refractivity contribution is -0.139. The molecule has 0 bridgehead atoms. The monoisotopic (exact) mass is 497 g/mol. The van der Waals surface area contributed by atoms with E-state index in [0.717, 1.165) is 41.8 Å². The average molecular weight is 498 g/mol. The number of benzene rings is 2. The van der Waals surface area contributed by atoms with Crippen LogP contribution in [-0.2, 0) is 27.3 Å². The molecule has 2 amide bonds. The summed E-state index contributed by atoms with van der Waals surface area (Å²) in [6.07, 6.45) is 1.89. The van der Waals surface area contributed by atoms with Crippen LogP contribution in [0.2, 0.25) is 0 Å². The molecule has 0 aliphatic carbocycles. The number of carboxylic acids is 1. The number of aryl methyl sites for hydroxylation is 1. The Hall–Kier alpha value is -3.39. The molecule has 0 saturated carbocycles. The molecule has 0 radical (unpaired) electrons. The molecule has 2 aromatic rings. The first-order valence-corrected chi connectivity index (χ1v) is 12.5. The maximum atomic E-state index is 13.1. The Morgan fingerprint density at radius 2 is 1.81 bits per heavy atom. The molecule has 2 unspecified atom stereocenters. The summed E-state index contributed by atoms with van der Waals surface area (Å²) in [5.74, 6) is -0.535. The highest BCUT2D eigenvalue weighted by Gasteiger charge is 2.21. The van der Waals surface area contributed by atoms with Crippen LogP contribution in [0.15, 0.2) is 48.5 Å². The molecule has 8 heteroatoms. The van der Waals surface area contributed by atoms with Crippen LogP contribution >= 0.6 is 0 Å². The van der Waals surface area contributed by atoms with Crippen LogP contribution < -0.4 is 20.7 Å². The smallest absolute Gasteiger partial charge is 0.303 e. The molecule has 2 atom stereocenters. The summed E-state index contributed by atoms with van der Waals surface area (Å²) in [6, 6.07) is 14.4. The fourth-order valence-electron chi connectivity index (χ4n) is 3.86.